The predicted octanol–water partition coefficient (Wildman–Crippen LogP) is 4.28. The molecule has 0 radical (unpaired) electrons. The van der Waals surface area contributed by atoms with Crippen LogP contribution in [0.3, 0.4) is 0 Å². The molecule has 7 nitrogen and oxygen atoms in total. The molecule has 4 rings (SSSR count). The molecule has 1 aliphatic rings. The van der Waals surface area contributed by atoms with Crippen molar-refractivity contribution in [2.24, 2.45) is 0 Å². The first-order chi connectivity index (χ1) is 17.1. The van der Waals surface area contributed by atoms with Gasteiger partial charge >= 0.3 is 0 Å². The van der Waals surface area contributed by atoms with Crippen LogP contribution in [-0.2, 0) is 26.0 Å². The van der Waals surface area contributed by atoms with Crippen molar-refractivity contribution in [3.63, 3.8) is 0 Å². The Bertz CT molecular complexity index is 1300. The molecule has 1 N–H and O–H groups in total. The molecule has 0 fully saturated rings. The molecule has 36 heavy (non-hydrogen) atoms. The number of anilines is 1. The average Bonchev–Trinajstić information content (AvgIpc) is 2.85. The first-order valence-electron chi connectivity index (χ1n) is 12.0. The molecule has 0 spiro atoms. The van der Waals surface area contributed by atoms with Gasteiger partial charge in [0.1, 0.15) is 18.1 Å². The molecule has 3 aromatic rings. The van der Waals surface area contributed by atoms with Crippen LogP contribution in [0.15, 0.2) is 78.9 Å². The fourth-order valence-electron chi connectivity index (χ4n) is 4.13. The van der Waals surface area contributed by atoms with Crippen LogP contribution in [0.1, 0.15) is 31.9 Å². The number of nitrogens with one attached hydrogen (secondary N) is 1. The molecule has 0 aromatic heterocycles. The number of carbonyl (C=O) groups excluding carboxylic acids is 1. The summed E-state index contributed by atoms with van der Waals surface area (Å²) in [6.07, 6.45) is -0.979. The Morgan fingerprint density at radius 2 is 1.67 bits per heavy atom. The van der Waals surface area contributed by atoms with Crippen molar-refractivity contribution in [1.82, 2.24) is 5.32 Å². The number of nitrogens with zero attached hydrogens (tertiary/aromatic N) is 1. The van der Waals surface area contributed by atoms with E-state index in [1.165, 1.54) is 4.31 Å². The van der Waals surface area contributed by atoms with Crippen molar-refractivity contribution in [2.45, 2.75) is 38.0 Å². The van der Waals surface area contributed by atoms with Crippen LogP contribution in [0.2, 0.25) is 0 Å². The Kier molecular flexibility index (Phi) is 7.54. The van der Waals surface area contributed by atoms with E-state index in [-0.39, 0.29) is 30.9 Å². The van der Waals surface area contributed by atoms with Crippen molar-refractivity contribution < 1.29 is 22.7 Å². The lowest BCUT2D eigenvalue weighted by Gasteiger charge is -2.34. The topological polar surface area (TPSA) is 84.9 Å². The zero-order valence-corrected chi connectivity index (χ0v) is 21.6. The minimum absolute atomic E-state index is 0.0716. The smallest absolute Gasteiger partial charge is 0.263 e. The fourth-order valence-corrected chi connectivity index (χ4v) is 5.71. The number of benzene rings is 3. The van der Waals surface area contributed by atoms with Crippen LogP contribution >= 0.6 is 0 Å². The van der Waals surface area contributed by atoms with Gasteiger partial charge in [-0.25, -0.2) is 8.42 Å². The predicted molar refractivity (Wildman–Crippen MR) is 141 cm³/mol. The summed E-state index contributed by atoms with van der Waals surface area (Å²) in [6, 6.07) is 23.7. The molecule has 1 unspecified atom stereocenters. The highest BCUT2D eigenvalue weighted by molar-refractivity contribution is 7.92. The van der Waals surface area contributed by atoms with Crippen molar-refractivity contribution in [3.8, 4) is 11.5 Å². The van der Waals surface area contributed by atoms with E-state index >= 15 is 0 Å². The van der Waals surface area contributed by atoms with E-state index in [1.807, 2.05) is 30.3 Å². The van der Waals surface area contributed by atoms with Gasteiger partial charge in [-0.2, -0.15) is 0 Å². The summed E-state index contributed by atoms with van der Waals surface area (Å²) in [7, 11) is -3.75. The Morgan fingerprint density at radius 1 is 1.00 bits per heavy atom. The van der Waals surface area contributed by atoms with E-state index < -0.39 is 22.0 Å². The molecule has 1 amide bonds. The maximum Gasteiger partial charge on any atom is 0.263 e. The molecule has 0 bridgehead atoms. The molecule has 0 saturated heterocycles. The highest BCUT2D eigenvalue weighted by Crippen LogP contribution is 2.36. The van der Waals surface area contributed by atoms with Gasteiger partial charge in [0.2, 0.25) is 10.0 Å². The second kappa shape index (κ2) is 10.6. The van der Waals surface area contributed by atoms with Gasteiger partial charge in [-0.1, -0.05) is 81.4 Å². The summed E-state index contributed by atoms with van der Waals surface area (Å²) >= 11 is 0. The molecule has 1 aliphatic heterocycles. The standard InChI is InChI=1S/C28H32N2O5S/c1-28(2,3)22-13-7-9-15-24(22)34-18-17-29-27(31)26-19-30(23-14-8-10-16-25(23)35-26)36(32,33)20-21-11-5-4-6-12-21/h4-16,26H,17-20H2,1-3H3,(H,29,31). The molecule has 1 atom stereocenters. The quantitative estimate of drug-likeness (QED) is 0.459. The number of fused-ring (bicyclic) bond motifs is 1. The van der Waals surface area contributed by atoms with E-state index in [1.54, 1.807) is 48.5 Å². The van der Waals surface area contributed by atoms with Crippen LogP contribution in [0.5, 0.6) is 11.5 Å². The van der Waals surface area contributed by atoms with Gasteiger partial charge in [0.05, 0.1) is 24.5 Å². The maximum atomic E-state index is 13.3. The third kappa shape index (κ3) is 5.99. The molecule has 1 heterocycles. The van der Waals surface area contributed by atoms with Crippen LogP contribution in [0.4, 0.5) is 5.69 Å². The molecule has 0 saturated carbocycles. The SMILES string of the molecule is CC(C)(C)c1ccccc1OCCNC(=O)C1CN(S(=O)(=O)Cc2ccccc2)c2ccccc2O1. The number of para-hydroxylation sites is 3. The van der Waals surface area contributed by atoms with Crippen LogP contribution in [0.25, 0.3) is 0 Å². The van der Waals surface area contributed by atoms with Gasteiger partial charge in [-0.3, -0.25) is 9.10 Å². The van der Waals surface area contributed by atoms with Gasteiger partial charge in [-0.15, -0.1) is 0 Å². The Morgan fingerprint density at radius 3 is 2.42 bits per heavy atom. The van der Waals surface area contributed by atoms with Gasteiger partial charge in [0.15, 0.2) is 6.10 Å². The molecule has 190 valence electrons. The number of hydrogen-bond donors (Lipinski definition) is 1. The van der Waals surface area contributed by atoms with Crippen LogP contribution in [-0.4, -0.2) is 40.1 Å². The average molecular weight is 509 g/mol. The second-order valence-corrected chi connectivity index (χ2v) is 11.6. The monoisotopic (exact) mass is 508 g/mol. The lowest BCUT2D eigenvalue weighted by atomic mass is 9.86. The first-order valence-corrected chi connectivity index (χ1v) is 13.6. The lowest BCUT2D eigenvalue weighted by molar-refractivity contribution is -0.127. The van der Waals surface area contributed by atoms with E-state index in [9.17, 15) is 13.2 Å². The Labute approximate surface area is 213 Å². The third-order valence-corrected chi connectivity index (χ3v) is 7.62. The zero-order valence-electron chi connectivity index (χ0n) is 20.8. The fraction of sp³-hybridized carbons (Fsp3) is 0.321. The molecule has 8 heteroatoms. The first kappa shape index (κ1) is 25.6. The van der Waals surface area contributed by atoms with Crippen molar-refractivity contribution >= 4 is 21.6 Å². The van der Waals surface area contributed by atoms with E-state index in [4.69, 9.17) is 9.47 Å². The normalized spacial score (nSPS) is 15.5. The molecule has 3 aromatic carbocycles. The van der Waals surface area contributed by atoms with Crippen molar-refractivity contribution in [2.75, 3.05) is 24.0 Å². The van der Waals surface area contributed by atoms with Gasteiger partial charge in [0, 0.05) is 0 Å². The van der Waals surface area contributed by atoms with E-state index in [0.29, 0.717) is 17.0 Å². The number of carbonyl (C=O) groups is 1. The molecular weight excluding hydrogens is 476 g/mol. The number of rotatable bonds is 8. The van der Waals surface area contributed by atoms with E-state index in [0.717, 1.165) is 11.3 Å². The summed E-state index contributed by atoms with van der Waals surface area (Å²) in [4.78, 5) is 13.0. The minimum atomic E-state index is -3.75. The second-order valence-electron chi connectivity index (χ2n) is 9.73. The Balaban J connectivity index is 1.42. The number of ether oxygens (including phenoxy) is 2. The van der Waals surface area contributed by atoms with Gasteiger partial charge in [0.25, 0.3) is 5.91 Å². The number of sulfonamides is 1. The van der Waals surface area contributed by atoms with Crippen molar-refractivity contribution in [1.29, 1.82) is 0 Å². The van der Waals surface area contributed by atoms with E-state index in [2.05, 4.69) is 26.1 Å². The maximum absolute atomic E-state index is 13.3. The molecule has 0 aliphatic carbocycles. The summed E-state index contributed by atoms with van der Waals surface area (Å²) in [5.74, 6) is 0.575. The van der Waals surface area contributed by atoms with Crippen LogP contribution in [0, 0.1) is 0 Å². The Hall–Kier alpha value is -3.52. The summed E-state index contributed by atoms with van der Waals surface area (Å²) < 4.78 is 39.8. The summed E-state index contributed by atoms with van der Waals surface area (Å²) in [6.45, 7) is 6.78. The highest BCUT2D eigenvalue weighted by Gasteiger charge is 2.36. The highest BCUT2D eigenvalue weighted by atomic mass is 32.2. The lowest BCUT2D eigenvalue weighted by Crippen LogP contribution is -2.51. The minimum Gasteiger partial charge on any atom is -0.491 e. The largest absolute Gasteiger partial charge is 0.491 e. The number of amides is 1. The van der Waals surface area contributed by atoms with Gasteiger partial charge < -0.3 is 14.8 Å². The summed E-state index contributed by atoms with van der Waals surface area (Å²) in [5, 5.41) is 2.82. The van der Waals surface area contributed by atoms with Crippen molar-refractivity contribution in [3.05, 3.63) is 90.0 Å². The third-order valence-electron chi connectivity index (χ3n) is 5.91. The number of hydrogen-bond acceptors (Lipinski definition) is 5. The molecular formula is C28H32N2O5S. The summed E-state index contributed by atoms with van der Waals surface area (Å²) in [5.41, 5.74) is 2.12. The van der Waals surface area contributed by atoms with Crippen LogP contribution < -0.4 is 19.1 Å². The zero-order chi connectivity index (χ0) is 25.8. The van der Waals surface area contributed by atoms with Gasteiger partial charge in [-0.05, 0) is 34.7 Å².